The van der Waals surface area contributed by atoms with Crippen molar-refractivity contribution in [3.63, 3.8) is 0 Å². The monoisotopic (exact) mass is 500 g/mol. The quantitative estimate of drug-likeness (QED) is 0.432. The number of benzene rings is 3. The Morgan fingerprint density at radius 3 is 2.42 bits per heavy atom. The molecule has 3 N–H and O–H groups in total. The van der Waals surface area contributed by atoms with E-state index in [1.807, 2.05) is 43.3 Å². The molecule has 0 atom stereocenters. The first-order valence-corrected chi connectivity index (χ1v) is 13.2. The maximum absolute atomic E-state index is 12.8. The van der Waals surface area contributed by atoms with E-state index < -0.39 is 15.7 Å². The molecule has 0 saturated heterocycles. The van der Waals surface area contributed by atoms with E-state index in [1.54, 1.807) is 22.9 Å². The molecule has 0 unspecified atom stereocenters. The molecule has 5 rings (SSSR count). The van der Waals surface area contributed by atoms with Gasteiger partial charge in [-0.1, -0.05) is 23.8 Å². The Balaban J connectivity index is 1.60. The molecular weight excluding hydrogens is 476 g/mol. The lowest BCUT2D eigenvalue weighted by Gasteiger charge is -2.20. The van der Waals surface area contributed by atoms with E-state index in [4.69, 9.17) is 5.73 Å². The van der Waals surface area contributed by atoms with Gasteiger partial charge in [-0.15, -0.1) is 0 Å². The number of amides is 2. The second-order valence-corrected chi connectivity index (χ2v) is 10.9. The molecule has 1 aliphatic carbocycles. The topological polar surface area (TPSA) is 124 Å². The number of anilines is 1. The minimum atomic E-state index is -3.36. The fourth-order valence-corrected chi connectivity index (χ4v) is 5.16. The predicted octanol–water partition coefficient (Wildman–Crippen LogP) is 3.70. The molecule has 1 aliphatic rings. The van der Waals surface area contributed by atoms with Crippen molar-refractivity contribution in [1.29, 1.82) is 0 Å². The number of nitrogens with one attached hydrogen (secondary N) is 1. The summed E-state index contributed by atoms with van der Waals surface area (Å²) in [6, 6.07) is 19.3. The first kappa shape index (κ1) is 23.5. The minimum Gasteiger partial charge on any atom is -0.364 e. The van der Waals surface area contributed by atoms with Gasteiger partial charge in [0.1, 0.15) is 0 Å². The molecule has 9 heteroatoms. The van der Waals surface area contributed by atoms with Crippen molar-refractivity contribution in [2.24, 2.45) is 5.73 Å². The Labute approximate surface area is 208 Å². The lowest BCUT2D eigenvalue weighted by atomic mass is 9.88. The lowest BCUT2D eigenvalue weighted by molar-refractivity contribution is 0.0992. The van der Waals surface area contributed by atoms with Gasteiger partial charge in [-0.05, 0) is 73.9 Å². The zero-order valence-electron chi connectivity index (χ0n) is 19.8. The molecule has 0 aliphatic heterocycles. The summed E-state index contributed by atoms with van der Waals surface area (Å²) < 4.78 is 25.4. The van der Waals surface area contributed by atoms with Crippen molar-refractivity contribution in [2.45, 2.75) is 24.7 Å². The van der Waals surface area contributed by atoms with Gasteiger partial charge in [0.15, 0.2) is 15.5 Å². The fraction of sp³-hybridized carbons (Fsp3) is 0.148. The molecule has 36 heavy (non-hydrogen) atoms. The van der Waals surface area contributed by atoms with Gasteiger partial charge in [0, 0.05) is 28.6 Å². The number of aromatic nitrogens is 2. The number of nitrogens with zero attached hydrogens (tertiary/aromatic N) is 2. The van der Waals surface area contributed by atoms with Crippen LogP contribution in [0.4, 0.5) is 5.69 Å². The number of hydrogen-bond acceptors (Lipinski definition) is 5. The zero-order valence-corrected chi connectivity index (χ0v) is 20.6. The molecule has 0 radical (unpaired) electrons. The number of sulfone groups is 1. The van der Waals surface area contributed by atoms with Crippen molar-refractivity contribution in [1.82, 2.24) is 9.78 Å². The van der Waals surface area contributed by atoms with Gasteiger partial charge < -0.3 is 11.1 Å². The van der Waals surface area contributed by atoms with E-state index in [9.17, 15) is 18.0 Å². The third-order valence-electron chi connectivity index (χ3n) is 6.27. The normalized spacial score (nSPS) is 12.5. The average Bonchev–Trinajstić information content (AvgIpc) is 3.24. The number of primary amides is 1. The van der Waals surface area contributed by atoms with Gasteiger partial charge in [-0.3, -0.25) is 9.59 Å². The highest BCUT2D eigenvalue weighted by Crippen LogP contribution is 2.38. The third-order valence-corrected chi connectivity index (χ3v) is 7.40. The van der Waals surface area contributed by atoms with Gasteiger partial charge in [0.05, 0.1) is 16.3 Å². The Morgan fingerprint density at radius 2 is 1.75 bits per heavy atom. The van der Waals surface area contributed by atoms with Gasteiger partial charge in [0.2, 0.25) is 0 Å². The molecule has 0 fully saturated rings. The van der Waals surface area contributed by atoms with Crippen LogP contribution in [0.25, 0.3) is 16.9 Å². The Morgan fingerprint density at radius 1 is 1.00 bits per heavy atom. The number of aryl methyl sites for hydroxylation is 2. The summed E-state index contributed by atoms with van der Waals surface area (Å²) in [6.45, 7) is 1.93. The van der Waals surface area contributed by atoms with Crippen molar-refractivity contribution in [3.8, 4) is 16.9 Å². The molecule has 0 spiro atoms. The van der Waals surface area contributed by atoms with E-state index in [0.717, 1.165) is 28.5 Å². The second kappa shape index (κ2) is 8.76. The summed E-state index contributed by atoms with van der Waals surface area (Å²) in [4.78, 5) is 25.2. The third kappa shape index (κ3) is 4.29. The van der Waals surface area contributed by atoms with E-state index >= 15 is 0 Å². The highest BCUT2D eigenvalue weighted by atomic mass is 32.2. The Hall–Kier alpha value is -4.24. The standard InChI is InChI=1S/C27H24N4O4S/c1-16-4-3-5-18(14-16)27(33)29-19-8-6-17-7-13-22-24(26(28)32)30-31(25(22)23(17)15-19)20-9-11-21(12-10-20)36(2,34)35/h3-6,8-12,14-15H,7,13H2,1-2H3,(H2,28,32)(H,29,33). The van der Waals surface area contributed by atoms with Crippen LogP contribution in [0.2, 0.25) is 0 Å². The first-order valence-electron chi connectivity index (χ1n) is 11.4. The maximum Gasteiger partial charge on any atom is 0.269 e. The van der Waals surface area contributed by atoms with Gasteiger partial charge in [-0.25, -0.2) is 13.1 Å². The molecule has 1 heterocycles. The largest absolute Gasteiger partial charge is 0.364 e. The van der Waals surface area contributed by atoms with Gasteiger partial charge in [-0.2, -0.15) is 5.10 Å². The van der Waals surface area contributed by atoms with Crippen LogP contribution < -0.4 is 11.1 Å². The molecule has 2 amide bonds. The summed E-state index contributed by atoms with van der Waals surface area (Å²) in [5.41, 5.74) is 11.9. The molecule has 1 aromatic heterocycles. The van der Waals surface area contributed by atoms with Crippen LogP contribution in [-0.2, 0) is 22.7 Å². The maximum atomic E-state index is 12.8. The highest BCUT2D eigenvalue weighted by Gasteiger charge is 2.28. The van der Waals surface area contributed by atoms with E-state index in [0.29, 0.717) is 35.5 Å². The highest BCUT2D eigenvalue weighted by molar-refractivity contribution is 7.90. The molecule has 3 aromatic carbocycles. The molecule has 4 aromatic rings. The molecule has 182 valence electrons. The number of fused-ring (bicyclic) bond motifs is 3. The fourth-order valence-electron chi connectivity index (χ4n) is 4.53. The van der Waals surface area contributed by atoms with Crippen molar-refractivity contribution in [3.05, 3.63) is 94.7 Å². The van der Waals surface area contributed by atoms with Crippen LogP contribution in [0.15, 0.2) is 71.6 Å². The SMILES string of the molecule is Cc1cccc(C(=O)Nc2ccc3c(c2)-c2c(c(C(N)=O)nn2-c2ccc(S(C)(=O)=O)cc2)CC3)c1. The number of carbonyl (C=O) groups excluding carboxylic acids is 2. The average molecular weight is 501 g/mol. The van der Waals surface area contributed by atoms with E-state index in [-0.39, 0.29) is 16.5 Å². The van der Waals surface area contributed by atoms with Crippen LogP contribution in [0, 0.1) is 6.92 Å². The number of hydrogen-bond donors (Lipinski definition) is 2. The van der Waals surface area contributed by atoms with Crippen LogP contribution in [-0.4, -0.2) is 36.3 Å². The van der Waals surface area contributed by atoms with Crippen LogP contribution >= 0.6 is 0 Å². The lowest BCUT2D eigenvalue weighted by Crippen LogP contribution is -2.15. The zero-order chi connectivity index (χ0) is 25.6. The van der Waals surface area contributed by atoms with Crippen molar-refractivity contribution < 1.29 is 18.0 Å². The summed E-state index contributed by atoms with van der Waals surface area (Å²) in [6.07, 6.45) is 2.41. The van der Waals surface area contributed by atoms with Crippen molar-refractivity contribution in [2.75, 3.05) is 11.6 Å². The van der Waals surface area contributed by atoms with Crippen LogP contribution in [0.1, 0.15) is 37.5 Å². The van der Waals surface area contributed by atoms with Crippen LogP contribution in [0.3, 0.4) is 0 Å². The number of carbonyl (C=O) groups is 2. The summed E-state index contributed by atoms with van der Waals surface area (Å²) in [5.74, 6) is -0.859. The second-order valence-electron chi connectivity index (χ2n) is 8.91. The summed E-state index contributed by atoms with van der Waals surface area (Å²) in [7, 11) is -3.36. The predicted molar refractivity (Wildman–Crippen MR) is 137 cm³/mol. The van der Waals surface area contributed by atoms with E-state index in [1.165, 1.54) is 12.1 Å². The summed E-state index contributed by atoms with van der Waals surface area (Å²) in [5, 5.41) is 7.46. The number of rotatable bonds is 5. The molecule has 0 bridgehead atoms. The summed E-state index contributed by atoms with van der Waals surface area (Å²) >= 11 is 0. The Kier molecular flexibility index (Phi) is 5.72. The molecule has 0 saturated carbocycles. The van der Waals surface area contributed by atoms with Crippen molar-refractivity contribution >= 4 is 27.3 Å². The smallest absolute Gasteiger partial charge is 0.269 e. The first-order chi connectivity index (χ1) is 17.1. The van der Waals surface area contributed by atoms with Gasteiger partial charge in [0.25, 0.3) is 11.8 Å². The van der Waals surface area contributed by atoms with E-state index in [2.05, 4.69) is 10.4 Å². The Bertz CT molecular complexity index is 1640. The van der Waals surface area contributed by atoms with Gasteiger partial charge >= 0.3 is 0 Å². The molecular formula is C27H24N4O4S. The number of nitrogens with two attached hydrogens (primary N) is 1. The van der Waals surface area contributed by atoms with Crippen LogP contribution in [0.5, 0.6) is 0 Å². The molecule has 8 nitrogen and oxygen atoms in total. The minimum absolute atomic E-state index is 0.178.